The van der Waals surface area contributed by atoms with Crippen molar-refractivity contribution in [2.75, 3.05) is 0 Å². The maximum Gasteiger partial charge on any atom is 0.140 e. The number of aromatic nitrogens is 5. The van der Waals surface area contributed by atoms with E-state index in [4.69, 9.17) is 0 Å². The lowest BCUT2D eigenvalue weighted by atomic mass is 10.1. The summed E-state index contributed by atoms with van der Waals surface area (Å²) in [6.07, 6.45) is 9.61. The summed E-state index contributed by atoms with van der Waals surface area (Å²) in [5.41, 5.74) is 3.11. The molecule has 114 valence electrons. The largest absolute Gasteiger partial charge is 0.337 e. The van der Waals surface area contributed by atoms with E-state index in [2.05, 4.69) is 43.3 Å². The van der Waals surface area contributed by atoms with E-state index in [1.54, 1.807) is 0 Å². The Morgan fingerprint density at radius 3 is 2.78 bits per heavy atom. The van der Waals surface area contributed by atoms with Gasteiger partial charge in [-0.15, -0.1) is 0 Å². The third-order valence-electron chi connectivity index (χ3n) is 3.99. The van der Waals surface area contributed by atoms with Gasteiger partial charge in [0, 0.05) is 42.3 Å². The van der Waals surface area contributed by atoms with Gasteiger partial charge < -0.3 is 9.13 Å². The second kappa shape index (κ2) is 5.68. The molecular formula is C18H17N5. The molecule has 3 heterocycles. The Morgan fingerprint density at radius 2 is 1.91 bits per heavy atom. The minimum atomic E-state index is 0.707. The number of nitrogens with zero attached hydrogens (tertiary/aromatic N) is 5. The van der Waals surface area contributed by atoms with E-state index in [-0.39, 0.29) is 0 Å². The molecule has 4 rings (SSSR count). The molecule has 0 atom stereocenters. The van der Waals surface area contributed by atoms with Crippen molar-refractivity contribution in [2.45, 2.75) is 20.0 Å². The van der Waals surface area contributed by atoms with Gasteiger partial charge in [-0.2, -0.15) is 0 Å². The standard InChI is InChI=1S/C18H17N5/c1-2-22-11-14(21-13-22)12-23-10-9-20-18(23)16-7-8-19-17-6-4-3-5-15(16)17/h3-11,13H,2,12H2,1H3. The van der Waals surface area contributed by atoms with E-state index in [1.807, 2.05) is 49.2 Å². The maximum atomic E-state index is 4.56. The highest BCUT2D eigenvalue weighted by molar-refractivity contribution is 5.92. The molecule has 0 saturated carbocycles. The predicted octanol–water partition coefficient (Wildman–Crippen LogP) is 3.36. The van der Waals surface area contributed by atoms with Crippen LogP contribution >= 0.6 is 0 Å². The van der Waals surface area contributed by atoms with Crippen LogP contribution in [0.5, 0.6) is 0 Å². The average Bonchev–Trinajstić information content (AvgIpc) is 3.24. The summed E-state index contributed by atoms with van der Waals surface area (Å²) in [4.78, 5) is 13.4. The van der Waals surface area contributed by atoms with Gasteiger partial charge in [-0.05, 0) is 19.1 Å². The lowest BCUT2D eigenvalue weighted by molar-refractivity contribution is 0.754. The van der Waals surface area contributed by atoms with Gasteiger partial charge in [-0.1, -0.05) is 18.2 Å². The molecule has 0 aliphatic rings. The van der Waals surface area contributed by atoms with E-state index >= 15 is 0 Å². The van der Waals surface area contributed by atoms with Crippen molar-refractivity contribution in [3.05, 3.63) is 67.1 Å². The number of pyridine rings is 1. The fraction of sp³-hybridized carbons (Fsp3) is 0.167. The van der Waals surface area contributed by atoms with E-state index in [9.17, 15) is 0 Å². The Labute approximate surface area is 134 Å². The van der Waals surface area contributed by atoms with Crippen molar-refractivity contribution in [3.63, 3.8) is 0 Å². The van der Waals surface area contributed by atoms with E-state index in [0.29, 0.717) is 6.54 Å². The Balaban J connectivity index is 1.76. The molecule has 0 amide bonds. The molecule has 3 aromatic heterocycles. The molecule has 0 saturated heterocycles. The van der Waals surface area contributed by atoms with Crippen molar-refractivity contribution in [1.29, 1.82) is 0 Å². The van der Waals surface area contributed by atoms with Crippen LogP contribution in [0.25, 0.3) is 22.3 Å². The second-order valence-electron chi connectivity index (χ2n) is 5.45. The third kappa shape index (κ3) is 2.50. The summed E-state index contributed by atoms with van der Waals surface area (Å²) >= 11 is 0. The number of fused-ring (bicyclic) bond motifs is 1. The Hall–Kier alpha value is -2.95. The van der Waals surface area contributed by atoms with Crippen LogP contribution in [0.1, 0.15) is 12.6 Å². The first kappa shape index (κ1) is 13.7. The quantitative estimate of drug-likeness (QED) is 0.581. The summed E-state index contributed by atoms with van der Waals surface area (Å²) in [5.74, 6) is 0.939. The van der Waals surface area contributed by atoms with Gasteiger partial charge in [0.15, 0.2) is 0 Å². The molecule has 0 radical (unpaired) electrons. The van der Waals surface area contributed by atoms with Crippen molar-refractivity contribution in [3.8, 4) is 11.4 Å². The summed E-state index contributed by atoms with van der Waals surface area (Å²) in [7, 11) is 0. The fourth-order valence-corrected chi connectivity index (χ4v) is 2.81. The van der Waals surface area contributed by atoms with Crippen LogP contribution in [0.2, 0.25) is 0 Å². The number of rotatable bonds is 4. The van der Waals surface area contributed by atoms with Gasteiger partial charge in [-0.25, -0.2) is 9.97 Å². The molecule has 0 aliphatic heterocycles. The van der Waals surface area contributed by atoms with Crippen molar-refractivity contribution >= 4 is 10.9 Å². The first-order valence-corrected chi connectivity index (χ1v) is 7.71. The minimum absolute atomic E-state index is 0.707. The molecule has 0 spiro atoms. The van der Waals surface area contributed by atoms with Crippen LogP contribution in [-0.4, -0.2) is 24.1 Å². The molecule has 4 aromatic rings. The zero-order valence-electron chi connectivity index (χ0n) is 12.9. The number of para-hydroxylation sites is 1. The summed E-state index contributed by atoms with van der Waals surface area (Å²) in [5, 5.41) is 1.11. The highest BCUT2D eigenvalue weighted by Crippen LogP contribution is 2.26. The van der Waals surface area contributed by atoms with E-state index < -0.39 is 0 Å². The first-order chi connectivity index (χ1) is 11.3. The van der Waals surface area contributed by atoms with Crippen molar-refractivity contribution in [2.24, 2.45) is 0 Å². The van der Waals surface area contributed by atoms with Gasteiger partial charge in [0.1, 0.15) is 5.82 Å². The van der Waals surface area contributed by atoms with Crippen LogP contribution < -0.4 is 0 Å². The smallest absolute Gasteiger partial charge is 0.140 e. The molecule has 0 aliphatic carbocycles. The van der Waals surface area contributed by atoms with Crippen LogP contribution in [0.15, 0.2) is 61.4 Å². The molecule has 0 unspecified atom stereocenters. The van der Waals surface area contributed by atoms with Crippen LogP contribution in [0.3, 0.4) is 0 Å². The van der Waals surface area contributed by atoms with Crippen LogP contribution in [-0.2, 0) is 13.1 Å². The van der Waals surface area contributed by atoms with Crippen molar-refractivity contribution < 1.29 is 0 Å². The lowest BCUT2D eigenvalue weighted by Crippen LogP contribution is -2.02. The molecule has 1 aromatic carbocycles. The Kier molecular flexibility index (Phi) is 3.38. The van der Waals surface area contributed by atoms with Gasteiger partial charge in [-0.3, -0.25) is 4.98 Å². The molecule has 0 N–H and O–H groups in total. The highest BCUT2D eigenvalue weighted by atomic mass is 15.1. The predicted molar refractivity (Wildman–Crippen MR) is 90.0 cm³/mol. The monoisotopic (exact) mass is 303 g/mol. The molecule has 23 heavy (non-hydrogen) atoms. The first-order valence-electron chi connectivity index (χ1n) is 7.71. The van der Waals surface area contributed by atoms with E-state index in [1.165, 1.54) is 0 Å². The molecule has 0 bridgehead atoms. The molecule has 0 fully saturated rings. The van der Waals surface area contributed by atoms with E-state index in [0.717, 1.165) is 34.5 Å². The third-order valence-corrected chi connectivity index (χ3v) is 3.99. The summed E-state index contributed by atoms with van der Waals surface area (Å²) in [6, 6.07) is 10.2. The normalized spacial score (nSPS) is 11.2. The summed E-state index contributed by atoms with van der Waals surface area (Å²) in [6.45, 7) is 3.75. The van der Waals surface area contributed by atoms with Crippen LogP contribution in [0, 0.1) is 0 Å². The molecular weight excluding hydrogens is 286 g/mol. The number of imidazole rings is 2. The van der Waals surface area contributed by atoms with Crippen LogP contribution in [0.4, 0.5) is 0 Å². The highest BCUT2D eigenvalue weighted by Gasteiger charge is 2.11. The number of hydrogen-bond acceptors (Lipinski definition) is 3. The zero-order valence-corrected chi connectivity index (χ0v) is 12.9. The molecule has 5 nitrogen and oxygen atoms in total. The van der Waals surface area contributed by atoms with Gasteiger partial charge in [0.2, 0.25) is 0 Å². The number of benzene rings is 1. The maximum absolute atomic E-state index is 4.56. The van der Waals surface area contributed by atoms with Gasteiger partial charge in [0.25, 0.3) is 0 Å². The van der Waals surface area contributed by atoms with Crippen molar-refractivity contribution in [1.82, 2.24) is 24.1 Å². The van der Waals surface area contributed by atoms with Gasteiger partial charge in [0.05, 0.1) is 24.1 Å². The minimum Gasteiger partial charge on any atom is -0.337 e. The zero-order chi connectivity index (χ0) is 15.6. The number of aryl methyl sites for hydroxylation is 1. The Morgan fingerprint density at radius 1 is 1.00 bits per heavy atom. The topological polar surface area (TPSA) is 48.5 Å². The lowest BCUT2D eigenvalue weighted by Gasteiger charge is -2.08. The Bertz CT molecular complexity index is 945. The SMILES string of the molecule is CCn1cnc(Cn2ccnc2-c2ccnc3ccccc23)c1. The number of hydrogen-bond donors (Lipinski definition) is 0. The second-order valence-corrected chi connectivity index (χ2v) is 5.45. The molecule has 5 heteroatoms. The summed E-state index contributed by atoms with van der Waals surface area (Å²) < 4.78 is 4.21. The average molecular weight is 303 g/mol. The van der Waals surface area contributed by atoms with Gasteiger partial charge >= 0.3 is 0 Å². The fourth-order valence-electron chi connectivity index (χ4n) is 2.81.